The second kappa shape index (κ2) is 5.83. The van der Waals surface area contributed by atoms with Crippen molar-refractivity contribution in [3.05, 3.63) is 29.6 Å². The molecule has 4 nitrogen and oxygen atoms in total. The molecule has 2 aromatic rings. The van der Waals surface area contributed by atoms with Crippen molar-refractivity contribution in [1.82, 2.24) is 14.9 Å². The molecule has 0 saturated heterocycles. The van der Waals surface area contributed by atoms with E-state index in [0.717, 1.165) is 22.4 Å². The number of amides is 1. The van der Waals surface area contributed by atoms with Crippen LogP contribution in [0.3, 0.4) is 0 Å². The minimum absolute atomic E-state index is 0.0211. The van der Waals surface area contributed by atoms with Crippen molar-refractivity contribution in [3.8, 4) is 0 Å². The molecule has 0 saturated carbocycles. The molecule has 0 radical (unpaired) electrons. The number of nitrogens with one attached hydrogen (secondary N) is 1. The number of aryl methyl sites for hydroxylation is 1. The molecule has 20 heavy (non-hydrogen) atoms. The third kappa shape index (κ3) is 2.66. The smallest absolute Gasteiger partial charge is 0.243 e. The highest BCUT2D eigenvalue weighted by Gasteiger charge is 2.21. The number of hydrogen-bond donors (Lipinski definition) is 1. The number of imidazole rings is 1. The summed E-state index contributed by atoms with van der Waals surface area (Å²) in [5.74, 6) is 0.988. The Morgan fingerprint density at radius 1 is 1.40 bits per heavy atom. The van der Waals surface area contributed by atoms with E-state index in [1.165, 1.54) is 0 Å². The lowest BCUT2D eigenvalue weighted by Gasteiger charge is -2.18. The Morgan fingerprint density at radius 2 is 2.10 bits per heavy atom. The number of benzene rings is 1. The first-order chi connectivity index (χ1) is 9.45. The van der Waals surface area contributed by atoms with Crippen LogP contribution in [0.4, 0.5) is 0 Å². The number of aromatic nitrogens is 2. The van der Waals surface area contributed by atoms with Crippen LogP contribution in [0.2, 0.25) is 0 Å². The van der Waals surface area contributed by atoms with E-state index < -0.39 is 0 Å². The maximum atomic E-state index is 12.2. The summed E-state index contributed by atoms with van der Waals surface area (Å²) in [6.45, 7) is 7.78. The SMILES string of the molecule is Cc1cccc2c1nc(CCl)n2C(C)C(=O)NC(C)C. The summed E-state index contributed by atoms with van der Waals surface area (Å²) in [7, 11) is 0. The largest absolute Gasteiger partial charge is 0.352 e. The van der Waals surface area contributed by atoms with Gasteiger partial charge < -0.3 is 9.88 Å². The first-order valence-electron chi connectivity index (χ1n) is 6.78. The van der Waals surface area contributed by atoms with Gasteiger partial charge in [0.2, 0.25) is 5.91 Å². The fourth-order valence-electron chi connectivity index (χ4n) is 2.35. The van der Waals surface area contributed by atoms with Crippen LogP contribution in [0.1, 0.15) is 38.2 Å². The molecule has 1 N–H and O–H groups in total. The molecule has 0 bridgehead atoms. The summed E-state index contributed by atoms with van der Waals surface area (Å²) < 4.78 is 1.92. The zero-order valence-electron chi connectivity index (χ0n) is 12.3. The Balaban J connectivity index is 2.52. The molecular weight excluding hydrogens is 274 g/mol. The molecule has 5 heteroatoms. The average Bonchev–Trinajstić information content (AvgIpc) is 2.77. The van der Waals surface area contributed by atoms with Crippen molar-refractivity contribution in [1.29, 1.82) is 0 Å². The Hall–Kier alpha value is -1.55. The molecule has 0 aliphatic carbocycles. The summed E-state index contributed by atoms with van der Waals surface area (Å²) in [4.78, 5) is 16.8. The van der Waals surface area contributed by atoms with Crippen molar-refractivity contribution in [2.24, 2.45) is 0 Å². The highest BCUT2D eigenvalue weighted by atomic mass is 35.5. The normalized spacial score (nSPS) is 12.9. The highest BCUT2D eigenvalue weighted by Crippen LogP contribution is 2.24. The molecule has 0 aliphatic rings. The van der Waals surface area contributed by atoms with E-state index >= 15 is 0 Å². The number of carbonyl (C=O) groups is 1. The molecule has 108 valence electrons. The van der Waals surface area contributed by atoms with Crippen LogP contribution in [0.15, 0.2) is 18.2 Å². The molecule has 1 heterocycles. The highest BCUT2D eigenvalue weighted by molar-refractivity contribution is 6.17. The number of fused-ring (bicyclic) bond motifs is 1. The fourth-order valence-corrected chi connectivity index (χ4v) is 2.54. The van der Waals surface area contributed by atoms with E-state index in [9.17, 15) is 4.79 Å². The number of carbonyl (C=O) groups excluding carboxylic acids is 1. The van der Waals surface area contributed by atoms with Gasteiger partial charge >= 0.3 is 0 Å². The molecular formula is C15H20ClN3O. The van der Waals surface area contributed by atoms with E-state index in [0.29, 0.717) is 0 Å². The lowest BCUT2D eigenvalue weighted by molar-refractivity contribution is -0.124. The summed E-state index contributed by atoms with van der Waals surface area (Å²) in [6, 6.07) is 5.74. The quantitative estimate of drug-likeness (QED) is 0.880. The standard InChI is InChI=1S/C15H20ClN3O/c1-9(2)17-15(20)11(4)19-12-7-5-6-10(3)14(12)18-13(19)8-16/h5-7,9,11H,8H2,1-4H3,(H,17,20). The van der Waals surface area contributed by atoms with Gasteiger partial charge in [0.15, 0.2) is 0 Å². The number of halogens is 1. The van der Waals surface area contributed by atoms with Gasteiger partial charge in [-0.1, -0.05) is 12.1 Å². The molecule has 1 unspecified atom stereocenters. The number of hydrogen-bond acceptors (Lipinski definition) is 2. The van der Waals surface area contributed by atoms with Crippen molar-refractivity contribution >= 4 is 28.5 Å². The maximum absolute atomic E-state index is 12.2. The van der Waals surface area contributed by atoms with E-state index in [2.05, 4.69) is 10.3 Å². The molecule has 1 atom stereocenters. The zero-order valence-corrected chi connectivity index (χ0v) is 13.0. The summed E-state index contributed by atoms with van der Waals surface area (Å²) in [5, 5.41) is 2.93. The number of para-hydroxylation sites is 1. The van der Waals surface area contributed by atoms with E-state index in [1.807, 2.05) is 50.5 Å². The van der Waals surface area contributed by atoms with Gasteiger partial charge in [-0.25, -0.2) is 4.98 Å². The van der Waals surface area contributed by atoms with Gasteiger partial charge in [-0.2, -0.15) is 0 Å². The van der Waals surface area contributed by atoms with Crippen LogP contribution in [-0.2, 0) is 10.7 Å². The number of rotatable bonds is 4. The first kappa shape index (κ1) is 14.9. The van der Waals surface area contributed by atoms with Gasteiger partial charge in [-0.05, 0) is 39.3 Å². The molecule has 2 rings (SSSR count). The van der Waals surface area contributed by atoms with E-state index in [1.54, 1.807) is 0 Å². The second-order valence-electron chi connectivity index (χ2n) is 5.31. The maximum Gasteiger partial charge on any atom is 0.243 e. The van der Waals surface area contributed by atoms with Gasteiger partial charge in [-0.15, -0.1) is 11.6 Å². The Morgan fingerprint density at radius 3 is 2.70 bits per heavy atom. The summed E-state index contributed by atoms with van der Waals surface area (Å²) in [6.07, 6.45) is 0. The van der Waals surface area contributed by atoms with Crippen molar-refractivity contribution in [3.63, 3.8) is 0 Å². The second-order valence-corrected chi connectivity index (χ2v) is 5.58. The van der Waals surface area contributed by atoms with Crippen LogP contribution < -0.4 is 5.32 Å². The third-order valence-electron chi connectivity index (χ3n) is 3.31. The van der Waals surface area contributed by atoms with Gasteiger partial charge in [0.25, 0.3) is 0 Å². The van der Waals surface area contributed by atoms with Gasteiger partial charge in [-0.3, -0.25) is 4.79 Å². The fraction of sp³-hybridized carbons (Fsp3) is 0.467. The van der Waals surface area contributed by atoms with E-state index in [-0.39, 0.29) is 23.9 Å². The predicted molar refractivity (Wildman–Crippen MR) is 82.0 cm³/mol. The van der Waals surface area contributed by atoms with Crippen LogP contribution in [0, 0.1) is 6.92 Å². The lowest BCUT2D eigenvalue weighted by atomic mass is 10.2. The van der Waals surface area contributed by atoms with Crippen LogP contribution in [0.25, 0.3) is 11.0 Å². The Kier molecular flexibility index (Phi) is 4.33. The molecule has 0 spiro atoms. The summed E-state index contributed by atoms with van der Waals surface area (Å²) >= 11 is 6.00. The monoisotopic (exact) mass is 293 g/mol. The lowest BCUT2D eigenvalue weighted by Crippen LogP contribution is -2.36. The minimum Gasteiger partial charge on any atom is -0.352 e. The minimum atomic E-state index is -0.335. The van der Waals surface area contributed by atoms with Crippen molar-refractivity contribution in [2.45, 2.75) is 45.7 Å². The predicted octanol–water partition coefficient (Wildman–Crippen LogP) is 3.17. The molecule has 0 aliphatic heterocycles. The molecule has 0 fully saturated rings. The number of alkyl halides is 1. The van der Waals surface area contributed by atoms with Gasteiger partial charge in [0, 0.05) is 6.04 Å². The molecule has 1 amide bonds. The summed E-state index contributed by atoms with van der Waals surface area (Å²) in [5.41, 5.74) is 2.95. The van der Waals surface area contributed by atoms with E-state index in [4.69, 9.17) is 11.6 Å². The van der Waals surface area contributed by atoms with Gasteiger partial charge in [0.1, 0.15) is 11.9 Å². The molecule has 1 aromatic heterocycles. The Labute approximate surface area is 124 Å². The zero-order chi connectivity index (χ0) is 14.9. The van der Waals surface area contributed by atoms with Crippen LogP contribution >= 0.6 is 11.6 Å². The van der Waals surface area contributed by atoms with Gasteiger partial charge in [0.05, 0.1) is 16.9 Å². The van der Waals surface area contributed by atoms with Crippen molar-refractivity contribution < 1.29 is 4.79 Å². The van der Waals surface area contributed by atoms with Crippen molar-refractivity contribution in [2.75, 3.05) is 0 Å². The Bertz CT molecular complexity index is 633. The third-order valence-corrected chi connectivity index (χ3v) is 3.55. The van der Waals surface area contributed by atoms with Crippen LogP contribution in [0.5, 0.6) is 0 Å². The first-order valence-corrected chi connectivity index (χ1v) is 7.32. The van der Waals surface area contributed by atoms with Crippen LogP contribution in [-0.4, -0.2) is 21.5 Å². The molecule has 1 aromatic carbocycles. The average molecular weight is 294 g/mol. The topological polar surface area (TPSA) is 46.9 Å². The number of nitrogens with zero attached hydrogens (tertiary/aromatic N) is 2.